The monoisotopic (exact) mass is 169 g/mol. The van der Waals surface area contributed by atoms with E-state index in [2.05, 4.69) is 10.1 Å². The first-order valence-corrected chi connectivity index (χ1v) is 4.29. The van der Waals surface area contributed by atoms with Gasteiger partial charge in [0.05, 0.1) is 0 Å². The number of rotatable bonds is 1. The van der Waals surface area contributed by atoms with Crippen molar-refractivity contribution >= 4 is 12.1 Å². The van der Waals surface area contributed by atoms with Gasteiger partial charge in [-0.1, -0.05) is 12.8 Å². The summed E-state index contributed by atoms with van der Waals surface area (Å²) >= 11 is 0. The Labute approximate surface area is 70.3 Å². The summed E-state index contributed by atoms with van der Waals surface area (Å²) in [5, 5.41) is 2.53. The molecule has 1 atom stereocenters. The molecule has 2 aliphatic rings. The number of hydrogen-bond donors (Lipinski definition) is 1. The second-order valence-electron chi connectivity index (χ2n) is 3.38. The molecular formula is C8H11NO3. The first-order chi connectivity index (χ1) is 5.77. The Morgan fingerprint density at radius 3 is 2.42 bits per heavy atom. The number of hydrogen-bond acceptors (Lipinski definition) is 3. The van der Waals surface area contributed by atoms with E-state index in [1.165, 1.54) is 0 Å². The maximum Gasteiger partial charge on any atom is 0.415 e. The molecular weight excluding hydrogens is 158 g/mol. The number of cyclic esters (lactones) is 2. The summed E-state index contributed by atoms with van der Waals surface area (Å²) in [4.78, 5) is 21.7. The summed E-state index contributed by atoms with van der Waals surface area (Å²) in [6.07, 6.45) is 3.78. The number of amides is 1. The topological polar surface area (TPSA) is 55.4 Å². The molecule has 1 N–H and O–H groups in total. The number of carbonyl (C=O) groups excluding carboxylic acids is 2. The van der Waals surface area contributed by atoms with E-state index >= 15 is 0 Å². The third kappa shape index (κ3) is 1.17. The second-order valence-corrected chi connectivity index (χ2v) is 3.38. The zero-order valence-corrected chi connectivity index (χ0v) is 6.71. The van der Waals surface area contributed by atoms with Crippen LogP contribution in [0.4, 0.5) is 4.79 Å². The van der Waals surface area contributed by atoms with E-state index in [0.29, 0.717) is 5.92 Å². The molecule has 0 radical (unpaired) electrons. The molecule has 2 rings (SSSR count). The van der Waals surface area contributed by atoms with Crippen molar-refractivity contribution in [2.45, 2.75) is 31.7 Å². The molecule has 1 saturated carbocycles. The van der Waals surface area contributed by atoms with Crippen LogP contribution in [0.15, 0.2) is 0 Å². The Kier molecular flexibility index (Phi) is 1.75. The zero-order valence-electron chi connectivity index (χ0n) is 6.71. The standard InChI is InChI=1S/C8H11NO3/c10-7-6(9-8(11)12-7)5-3-1-2-4-5/h5-6H,1-4H2,(H,9,11)/t6-/m0/s1. The average Bonchev–Trinajstić information content (AvgIpc) is 2.58. The number of esters is 1. The molecule has 0 aromatic carbocycles. The van der Waals surface area contributed by atoms with Gasteiger partial charge in [-0.2, -0.15) is 0 Å². The fraction of sp³-hybridized carbons (Fsp3) is 0.750. The van der Waals surface area contributed by atoms with Gasteiger partial charge >= 0.3 is 12.1 Å². The van der Waals surface area contributed by atoms with Gasteiger partial charge in [-0.3, -0.25) is 0 Å². The van der Waals surface area contributed by atoms with Crippen molar-refractivity contribution < 1.29 is 14.3 Å². The molecule has 1 saturated heterocycles. The van der Waals surface area contributed by atoms with Crippen LogP contribution in [0.5, 0.6) is 0 Å². The van der Waals surface area contributed by atoms with Crippen molar-refractivity contribution in [2.75, 3.05) is 0 Å². The Hall–Kier alpha value is -1.06. The van der Waals surface area contributed by atoms with Crippen LogP contribution in [0.1, 0.15) is 25.7 Å². The SMILES string of the molecule is O=C1N[C@@H](C2CCCC2)C(=O)O1. The summed E-state index contributed by atoms with van der Waals surface area (Å²) in [5.74, 6) is -0.0872. The fourth-order valence-corrected chi connectivity index (χ4v) is 1.97. The molecule has 0 unspecified atom stereocenters. The third-order valence-electron chi connectivity index (χ3n) is 2.59. The lowest BCUT2D eigenvalue weighted by molar-refractivity contribution is -0.136. The molecule has 4 nitrogen and oxygen atoms in total. The van der Waals surface area contributed by atoms with E-state index in [1.807, 2.05) is 0 Å². The Balaban J connectivity index is 2.03. The molecule has 0 aromatic heterocycles. The van der Waals surface area contributed by atoms with Gasteiger partial charge in [-0.15, -0.1) is 0 Å². The first kappa shape index (κ1) is 7.58. The maximum atomic E-state index is 11.1. The molecule has 1 aliphatic carbocycles. The minimum atomic E-state index is -0.586. The van der Waals surface area contributed by atoms with Gasteiger partial charge < -0.3 is 10.1 Å². The van der Waals surface area contributed by atoms with Gasteiger partial charge in [0.2, 0.25) is 0 Å². The average molecular weight is 169 g/mol. The number of nitrogens with one attached hydrogen (secondary N) is 1. The number of alkyl carbamates (subject to hydrolysis) is 1. The van der Waals surface area contributed by atoms with Crippen LogP contribution in [0, 0.1) is 5.92 Å². The maximum absolute atomic E-state index is 11.1. The van der Waals surface area contributed by atoms with Crippen LogP contribution in [0.2, 0.25) is 0 Å². The molecule has 12 heavy (non-hydrogen) atoms. The van der Waals surface area contributed by atoms with E-state index in [-0.39, 0.29) is 6.04 Å². The van der Waals surface area contributed by atoms with Gasteiger partial charge in [-0.05, 0) is 18.8 Å². The molecule has 66 valence electrons. The van der Waals surface area contributed by atoms with Gasteiger partial charge in [0.15, 0.2) is 0 Å². The van der Waals surface area contributed by atoms with Gasteiger partial charge in [0.25, 0.3) is 0 Å². The zero-order chi connectivity index (χ0) is 8.55. The van der Waals surface area contributed by atoms with Crippen LogP contribution in [-0.4, -0.2) is 18.1 Å². The van der Waals surface area contributed by atoms with Gasteiger partial charge in [0, 0.05) is 0 Å². The van der Waals surface area contributed by atoms with E-state index in [4.69, 9.17) is 0 Å². The molecule has 1 amide bonds. The lowest BCUT2D eigenvalue weighted by Crippen LogP contribution is -2.35. The van der Waals surface area contributed by atoms with Gasteiger partial charge in [-0.25, -0.2) is 9.59 Å². The van der Waals surface area contributed by atoms with Crippen LogP contribution < -0.4 is 5.32 Å². The highest BCUT2D eigenvalue weighted by Crippen LogP contribution is 2.29. The number of ether oxygens (including phenoxy) is 1. The lowest BCUT2D eigenvalue weighted by Gasteiger charge is -2.12. The smallest absolute Gasteiger partial charge is 0.375 e. The van der Waals surface area contributed by atoms with Crippen molar-refractivity contribution in [2.24, 2.45) is 5.92 Å². The van der Waals surface area contributed by atoms with E-state index in [1.54, 1.807) is 0 Å². The van der Waals surface area contributed by atoms with E-state index < -0.39 is 12.1 Å². The minimum Gasteiger partial charge on any atom is -0.375 e. The third-order valence-corrected chi connectivity index (χ3v) is 2.59. The fourth-order valence-electron chi connectivity index (χ4n) is 1.97. The summed E-state index contributed by atoms with van der Waals surface area (Å²) in [7, 11) is 0. The summed E-state index contributed by atoms with van der Waals surface area (Å²) in [5.41, 5.74) is 0. The number of carbonyl (C=O) groups is 2. The molecule has 0 aromatic rings. The van der Waals surface area contributed by atoms with Crippen molar-refractivity contribution in [1.29, 1.82) is 0 Å². The Bertz CT molecular complexity index is 220. The van der Waals surface area contributed by atoms with Crippen molar-refractivity contribution in [1.82, 2.24) is 5.32 Å². The van der Waals surface area contributed by atoms with Crippen molar-refractivity contribution in [3.63, 3.8) is 0 Å². The largest absolute Gasteiger partial charge is 0.415 e. The van der Waals surface area contributed by atoms with E-state index in [0.717, 1.165) is 25.7 Å². The summed E-state index contributed by atoms with van der Waals surface area (Å²) < 4.78 is 4.40. The highest BCUT2D eigenvalue weighted by Gasteiger charge is 2.39. The van der Waals surface area contributed by atoms with Gasteiger partial charge in [0.1, 0.15) is 6.04 Å². The molecule has 0 bridgehead atoms. The Morgan fingerprint density at radius 2 is 1.92 bits per heavy atom. The van der Waals surface area contributed by atoms with Crippen molar-refractivity contribution in [3.05, 3.63) is 0 Å². The predicted molar refractivity (Wildman–Crippen MR) is 40.4 cm³/mol. The van der Waals surface area contributed by atoms with Crippen molar-refractivity contribution in [3.8, 4) is 0 Å². The minimum absolute atomic E-state index is 0.309. The highest BCUT2D eigenvalue weighted by molar-refractivity contribution is 5.95. The Morgan fingerprint density at radius 1 is 1.25 bits per heavy atom. The predicted octanol–water partition coefficient (Wildman–Crippen LogP) is 0.812. The molecule has 0 spiro atoms. The molecule has 4 heteroatoms. The van der Waals surface area contributed by atoms with Crippen LogP contribution in [0.3, 0.4) is 0 Å². The quantitative estimate of drug-likeness (QED) is 0.467. The van der Waals surface area contributed by atoms with E-state index in [9.17, 15) is 9.59 Å². The van der Waals surface area contributed by atoms with Crippen LogP contribution in [-0.2, 0) is 9.53 Å². The normalized spacial score (nSPS) is 30.5. The highest BCUT2D eigenvalue weighted by atomic mass is 16.6. The first-order valence-electron chi connectivity index (χ1n) is 4.29. The molecule has 1 aliphatic heterocycles. The lowest BCUT2D eigenvalue weighted by atomic mass is 9.99. The summed E-state index contributed by atoms with van der Waals surface area (Å²) in [6.45, 7) is 0. The second kappa shape index (κ2) is 2.77. The van der Waals surface area contributed by atoms with Crippen LogP contribution >= 0.6 is 0 Å². The molecule has 1 heterocycles. The molecule has 2 fully saturated rings. The summed E-state index contributed by atoms with van der Waals surface area (Å²) in [6, 6.07) is -0.361. The van der Waals surface area contributed by atoms with Crippen LogP contribution in [0.25, 0.3) is 0 Å².